The highest BCUT2D eigenvalue weighted by atomic mass is 19.2. The highest BCUT2D eigenvalue weighted by molar-refractivity contribution is 5.85. The van der Waals surface area contributed by atoms with Gasteiger partial charge >= 0.3 is 12.1 Å². The molecule has 24 heavy (non-hydrogen) atoms. The number of carboxylic acid groups (broad SMARTS) is 1. The summed E-state index contributed by atoms with van der Waals surface area (Å²) in [6.07, 6.45) is -0.646. The van der Waals surface area contributed by atoms with Crippen molar-refractivity contribution in [2.75, 3.05) is 11.9 Å². The van der Waals surface area contributed by atoms with E-state index in [2.05, 4.69) is 10.6 Å². The van der Waals surface area contributed by atoms with E-state index in [1.807, 2.05) is 0 Å². The summed E-state index contributed by atoms with van der Waals surface area (Å²) in [4.78, 5) is 22.7. The highest BCUT2D eigenvalue weighted by Crippen LogP contribution is 2.31. The molecule has 1 aromatic rings. The van der Waals surface area contributed by atoms with Crippen LogP contribution in [0, 0.1) is 17.6 Å². The fourth-order valence-electron chi connectivity index (χ4n) is 2.49. The monoisotopic (exact) mass is 342 g/mol. The number of ether oxygens (including phenoxy) is 1. The number of aliphatic carboxylic acids is 1. The lowest BCUT2D eigenvalue weighted by molar-refractivity contribution is -0.141. The molecule has 3 N–H and O–H groups in total. The van der Waals surface area contributed by atoms with Gasteiger partial charge in [-0.25, -0.2) is 13.6 Å². The van der Waals surface area contributed by atoms with Crippen LogP contribution in [0.2, 0.25) is 0 Å². The molecule has 2 atom stereocenters. The standard InChI is InChI=1S/C16H20F2N2O4/c1-16(2,3)24-15(23)20-12-5-8(4-10(17)13(12)18)11-6-9(7-19-11)14(21)22/h4-5,9,11,19H,6-7H2,1-3H3,(H,20,23)(H,21,22). The van der Waals surface area contributed by atoms with E-state index in [0.717, 1.165) is 6.07 Å². The Morgan fingerprint density at radius 1 is 1.33 bits per heavy atom. The third-order valence-corrected chi connectivity index (χ3v) is 3.57. The first kappa shape index (κ1) is 18.1. The molecule has 0 aromatic heterocycles. The van der Waals surface area contributed by atoms with Crippen molar-refractivity contribution in [1.82, 2.24) is 5.32 Å². The minimum atomic E-state index is -1.20. The molecule has 1 aromatic carbocycles. The second-order valence-corrected chi connectivity index (χ2v) is 6.72. The Kier molecular flexibility index (Phi) is 5.08. The van der Waals surface area contributed by atoms with E-state index in [1.165, 1.54) is 6.07 Å². The third kappa shape index (κ3) is 4.41. The predicted molar refractivity (Wildman–Crippen MR) is 82.7 cm³/mol. The van der Waals surface area contributed by atoms with Crippen LogP contribution in [0.15, 0.2) is 12.1 Å². The maximum atomic E-state index is 13.9. The van der Waals surface area contributed by atoms with E-state index in [0.29, 0.717) is 5.56 Å². The van der Waals surface area contributed by atoms with Crippen molar-refractivity contribution in [3.63, 3.8) is 0 Å². The molecule has 8 heteroatoms. The molecular weight excluding hydrogens is 322 g/mol. The van der Waals surface area contributed by atoms with Crippen molar-refractivity contribution >= 4 is 17.7 Å². The number of carboxylic acids is 1. The van der Waals surface area contributed by atoms with Gasteiger partial charge in [0, 0.05) is 12.6 Å². The minimum absolute atomic E-state index is 0.244. The van der Waals surface area contributed by atoms with Gasteiger partial charge in [0.1, 0.15) is 5.60 Å². The van der Waals surface area contributed by atoms with E-state index in [-0.39, 0.29) is 18.7 Å². The van der Waals surface area contributed by atoms with Gasteiger partial charge in [0.15, 0.2) is 11.6 Å². The van der Waals surface area contributed by atoms with Gasteiger partial charge in [0.25, 0.3) is 0 Å². The molecule has 0 saturated carbocycles. The van der Waals surface area contributed by atoms with Crippen LogP contribution >= 0.6 is 0 Å². The minimum Gasteiger partial charge on any atom is -0.481 e. The summed E-state index contributed by atoms with van der Waals surface area (Å²) < 4.78 is 32.8. The number of benzene rings is 1. The van der Waals surface area contributed by atoms with Crippen LogP contribution in [0.1, 0.15) is 38.8 Å². The van der Waals surface area contributed by atoms with Crippen molar-refractivity contribution in [3.05, 3.63) is 29.3 Å². The molecule has 6 nitrogen and oxygen atoms in total. The van der Waals surface area contributed by atoms with Gasteiger partial charge in [0.05, 0.1) is 11.6 Å². The average Bonchev–Trinajstić information content (AvgIpc) is 2.91. The first-order valence-electron chi connectivity index (χ1n) is 7.52. The Hall–Kier alpha value is -2.22. The number of nitrogens with one attached hydrogen (secondary N) is 2. The number of hydrogen-bond donors (Lipinski definition) is 3. The third-order valence-electron chi connectivity index (χ3n) is 3.57. The fraction of sp³-hybridized carbons (Fsp3) is 0.500. The van der Waals surface area contributed by atoms with Crippen LogP contribution in [0.3, 0.4) is 0 Å². The molecule has 0 bridgehead atoms. The van der Waals surface area contributed by atoms with E-state index < -0.39 is 41.3 Å². The van der Waals surface area contributed by atoms with E-state index in [4.69, 9.17) is 9.84 Å². The van der Waals surface area contributed by atoms with Crippen LogP contribution in [-0.2, 0) is 9.53 Å². The Morgan fingerprint density at radius 2 is 2.00 bits per heavy atom. The maximum Gasteiger partial charge on any atom is 0.412 e. The highest BCUT2D eigenvalue weighted by Gasteiger charge is 2.31. The molecule has 1 saturated heterocycles. The zero-order chi connectivity index (χ0) is 18.1. The van der Waals surface area contributed by atoms with E-state index in [1.54, 1.807) is 20.8 Å². The Balaban J connectivity index is 2.20. The molecule has 1 aliphatic heterocycles. The zero-order valence-corrected chi connectivity index (χ0v) is 13.7. The second-order valence-electron chi connectivity index (χ2n) is 6.72. The van der Waals surface area contributed by atoms with Crippen LogP contribution in [0.4, 0.5) is 19.3 Å². The predicted octanol–water partition coefficient (Wildman–Crippen LogP) is 3.05. The lowest BCUT2D eigenvalue weighted by Gasteiger charge is -2.20. The quantitative estimate of drug-likeness (QED) is 0.786. The molecular formula is C16H20F2N2O4. The van der Waals surface area contributed by atoms with E-state index >= 15 is 0 Å². The lowest BCUT2D eigenvalue weighted by Crippen LogP contribution is -2.27. The van der Waals surface area contributed by atoms with Crippen LogP contribution in [0.25, 0.3) is 0 Å². The summed E-state index contributed by atoms with van der Waals surface area (Å²) in [6, 6.07) is 1.85. The molecule has 0 aliphatic carbocycles. The molecule has 132 valence electrons. The van der Waals surface area contributed by atoms with Crippen molar-refractivity contribution in [2.45, 2.75) is 38.8 Å². The van der Waals surface area contributed by atoms with Crippen molar-refractivity contribution in [3.8, 4) is 0 Å². The van der Waals surface area contributed by atoms with Crippen LogP contribution in [0.5, 0.6) is 0 Å². The van der Waals surface area contributed by atoms with Gasteiger partial charge in [-0.2, -0.15) is 0 Å². The topological polar surface area (TPSA) is 87.7 Å². The Bertz CT molecular complexity index is 658. The van der Waals surface area contributed by atoms with Crippen molar-refractivity contribution < 1.29 is 28.2 Å². The van der Waals surface area contributed by atoms with Crippen LogP contribution in [-0.4, -0.2) is 29.3 Å². The summed E-state index contributed by atoms with van der Waals surface area (Å²) in [5.41, 5.74) is -0.762. The summed E-state index contributed by atoms with van der Waals surface area (Å²) in [7, 11) is 0. The van der Waals surface area contributed by atoms with Gasteiger partial charge in [-0.05, 0) is 44.9 Å². The molecule has 1 heterocycles. The van der Waals surface area contributed by atoms with Crippen LogP contribution < -0.4 is 10.6 Å². The fourth-order valence-corrected chi connectivity index (χ4v) is 2.49. The van der Waals surface area contributed by atoms with E-state index in [9.17, 15) is 18.4 Å². The molecule has 0 radical (unpaired) electrons. The van der Waals surface area contributed by atoms with Gasteiger partial charge in [0.2, 0.25) is 0 Å². The number of carbonyl (C=O) groups excluding carboxylic acids is 1. The Labute approximate surface area is 138 Å². The first-order valence-corrected chi connectivity index (χ1v) is 7.52. The van der Waals surface area contributed by atoms with Gasteiger partial charge in [-0.1, -0.05) is 0 Å². The molecule has 0 spiro atoms. The van der Waals surface area contributed by atoms with Gasteiger partial charge in [-0.15, -0.1) is 0 Å². The summed E-state index contributed by atoms with van der Waals surface area (Å²) >= 11 is 0. The molecule has 2 unspecified atom stereocenters. The normalized spacial score (nSPS) is 20.7. The summed E-state index contributed by atoms with van der Waals surface area (Å²) in [5, 5.41) is 14.2. The molecule has 1 amide bonds. The SMILES string of the molecule is CC(C)(C)OC(=O)Nc1cc(C2CC(C(=O)O)CN2)cc(F)c1F. The summed E-state index contributed by atoms with van der Waals surface area (Å²) in [5.74, 6) is -3.86. The largest absolute Gasteiger partial charge is 0.481 e. The molecule has 2 rings (SSSR count). The molecule has 1 fully saturated rings. The number of hydrogen-bond acceptors (Lipinski definition) is 4. The average molecular weight is 342 g/mol. The smallest absolute Gasteiger partial charge is 0.412 e. The second kappa shape index (κ2) is 6.72. The summed E-state index contributed by atoms with van der Waals surface area (Å²) in [6.45, 7) is 5.19. The number of amides is 1. The zero-order valence-electron chi connectivity index (χ0n) is 13.7. The maximum absolute atomic E-state index is 13.9. The van der Waals surface area contributed by atoms with Crippen molar-refractivity contribution in [2.24, 2.45) is 5.92 Å². The van der Waals surface area contributed by atoms with Gasteiger partial charge < -0.3 is 15.2 Å². The Morgan fingerprint density at radius 3 is 2.54 bits per heavy atom. The first-order chi connectivity index (χ1) is 11.1. The lowest BCUT2D eigenvalue weighted by atomic mass is 9.99. The number of anilines is 1. The number of halogens is 2. The number of carbonyl (C=O) groups is 2. The van der Waals surface area contributed by atoms with Crippen molar-refractivity contribution in [1.29, 1.82) is 0 Å². The van der Waals surface area contributed by atoms with Gasteiger partial charge in [-0.3, -0.25) is 10.1 Å². The molecule has 1 aliphatic rings. The number of rotatable bonds is 3.